The van der Waals surface area contributed by atoms with E-state index in [-0.39, 0.29) is 0 Å². The zero-order valence-electron chi connectivity index (χ0n) is 8.26. The third kappa shape index (κ3) is 2.21. The lowest BCUT2D eigenvalue weighted by molar-refractivity contribution is 1.06. The fraction of sp³-hybridized carbons (Fsp3) is 0.300. The number of hydrogen-bond acceptors (Lipinski definition) is 1. The number of guanidine groups is 1. The predicted molar refractivity (Wildman–Crippen MR) is 56.4 cm³/mol. The van der Waals surface area contributed by atoms with Gasteiger partial charge in [-0.05, 0) is 24.6 Å². The van der Waals surface area contributed by atoms with Crippen LogP contribution in [-0.4, -0.2) is 20.1 Å². The molecule has 0 spiro atoms. The number of nitrogens with zero attached hydrogens (tertiary/aromatic N) is 1. The van der Waals surface area contributed by atoms with Crippen LogP contribution in [0.25, 0.3) is 0 Å². The summed E-state index contributed by atoms with van der Waals surface area (Å²) in [5.41, 5.74) is 2.23. The van der Waals surface area contributed by atoms with Crippen molar-refractivity contribution in [3.63, 3.8) is 0 Å². The second-order valence-corrected chi connectivity index (χ2v) is 3.00. The van der Waals surface area contributed by atoms with Crippen LogP contribution in [0.1, 0.15) is 5.56 Å². The summed E-state index contributed by atoms with van der Waals surface area (Å²) in [4.78, 5) is 1.80. The molecule has 0 atom stereocenters. The molecule has 0 saturated carbocycles. The molecule has 1 aromatic rings. The van der Waals surface area contributed by atoms with E-state index in [0.717, 1.165) is 5.69 Å². The molecule has 0 aromatic heterocycles. The molecule has 0 unspecified atom stereocenters. The Kier molecular flexibility index (Phi) is 2.90. The van der Waals surface area contributed by atoms with E-state index in [0.29, 0.717) is 5.96 Å². The molecule has 0 amide bonds. The highest BCUT2D eigenvalue weighted by Crippen LogP contribution is 2.13. The Bertz CT molecular complexity index is 307. The van der Waals surface area contributed by atoms with Crippen LogP contribution in [0.5, 0.6) is 0 Å². The smallest absolute Gasteiger partial charge is 0.195 e. The van der Waals surface area contributed by atoms with Crippen molar-refractivity contribution in [1.29, 1.82) is 5.41 Å². The molecule has 70 valence electrons. The Hall–Kier alpha value is -1.51. The summed E-state index contributed by atoms with van der Waals surface area (Å²) in [6, 6.07) is 8.06. The average Bonchev–Trinajstić information content (AvgIpc) is 2.15. The molecule has 0 bridgehead atoms. The number of nitrogens with one attached hydrogen (secondary N) is 2. The average molecular weight is 177 g/mol. The third-order valence-corrected chi connectivity index (χ3v) is 1.96. The first-order valence-corrected chi connectivity index (χ1v) is 4.22. The van der Waals surface area contributed by atoms with Gasteiger partial charge in [-0.15, -0.1) is 0 Å². The van der Waals surface area contributed by atoms with Gasteiger partial charge in [0.2, 0.25) is 0 Å². The molecule has 0 saturated heterocycles. The number of anilines is 1. The fourth-order valence-corrected chi connectivity index (χ4v) is 1.13. The predicted octanol–water partition coefficient (Wildman–Crippen LogP) is 1.59. The molecule has 13 heavy (non-hydrogen) atoms. The fourth-order valence-electron chi connectivity index (χ4n) is 1.13. The standard InChI is InChI=1S/C10H15N3/c1-8-5-4-6-9(7-8)13(3)10(11)12-2/h4-7H,1-3H3,(H2,11,12). The molecule has 3 heteroatoms. The van der Waals surface area contributed by atoms with Crippen molar-refractivity contribution >= 4 is 11.6 Å². The highest BCUT2D eigenvalue weighted by molar-refractivity contribution is 5.92. The maximum Gasteiger partial charge on any atom is 0.195 e. The SMILES string of the molecule is CNC(=N)N(C)c1cccc(C)c1. The van der Waals surface area contributed by atoms with Crippen molar-refractivity contribution in [2.24, 2.45) is 0 Å². The number of aryl methyl sites for hydroxylation is 1. The summed E-state index contributed by atoms with van der Waals surface area (Å²) in [5, 5.41) is 10.4. The molecule has 0 radical (unpaired) electrons. The van der Waals surface area contributed by atoms with Crippen LogP contribution in [0, 0.1) is 12.3 Å². The van der Waals surface area contributed by atoms with Gasteiger partial charge in [0, 0.05) is 19.8 Å². The molecule has 0 aliphatic carbocycles. The largest absolute Gasteiger partial charge is 0.359 e. The minimum Gasteiger partial charge on any atom is -0.359 e. The normalized spacial score (nSPS) is 9.46. The first kappa shape index (κ1) is 9.58. The second kappa shape index (κ2) is 3.94. The molecule has 1 rings (SSSR count). The van der Waals surface area contributed by atoms with Crippen molar-refractivity contribution in [3.8, 4) is 0 Å². The van der Waals surface area contributed by atoms with Crippen LogP contribution in [0.2, 0.25) is 0 Å². The van der Waals surface area contributed by atoms with Crippen molar-refractivity contribution < 1.29 is 0 Å². The maximum atomic E-state index is 7.57. The van der Waals surface area contributed by atoms with E-state index in [4.69, 9.17) is 5.41 Å². The summed E-state index contributed by atoms with van der Waals surface area (Å²) >= 11 is 0. The van der Waals surface area contributed by atoms with Crippen molar-refractivity contribution in [3.05, 3.63) is 29.8 Å². The topological polar surface area (TPSA) is 39.1 Å². The quantitative estimate of drug-likeness (QED) is 0.505. The lowest BCUT2D eigenvalue weighted by Crippen LogP contribution is -2.35. The minimum atomic E-state index is 0.394. The van der Waals surface area contributed by atoms with Crippen LogP contribution in [0.4, 0.5) is 5.69 Å². The summed E-state index contributed by atoms with van der Waals surface area (Å²) in [7, 11) is 3.61. The van der Waals surface area contributed by atoms with Crippen molar-refractivity contribution in [2.45, 2.75) is 6.92 Å². The highest BCUT2D eigenvalue weighted by atomic mass is 15.2. The van der Waals surface area contributed by atoms with Gasteiger partial charge >= 0.3 is 0 Å². The highest BCUT2D eigenvalue weighted by Gasteiger charge is 2.03. The Morgan fingerprint density at radius 3 is 2.69 bits per heavy atom. The van der Waals surface area contributed by atoms with Crippen LogP contribution < -0.4 is 10.2 Å². The van der Waals surface area contributed by atoms with E-state index in [1.165, 1.54) is 5.56 Å². The molecular weight excluding hydrogens is 162 g/mol. The minimum absolute atomic E-state index is 0.394. The third-order valence-electron chi connectivity index (χ3n) is 1.96. The summed E-state index contributed by atoms with van der Waals surface area (Å²) in [6.07, 6.45) is 0. The van der Waals surface area contributed by atoms with Crippen LogP contribution >= 0.6 is 0 Å². The first-order valence-electron chi connectivity index (χ1n) is 4.22. The lowest BCUT2D eigenvalue weighted by atomic mass is 10.2. The van der Waals surface area contributed by atoms with Gasteiger partial charge in [-0.2, -0.15) is 0 Å². The van der Waals surface area contributed by atoms with E-state index >= 15 is 0 Å². The van der Waals surface area contributed by atoms with Gasteiger partial charge in [-0.1, -0.05) is 12.1 Å². The van der Waals surface area contributed by atoms with Gasteiger partial charge in [-0.25, -0.2) is 0 Å². The summed E-state index contributed by atoms with van der Waals surface area (Å²) in [6.45, 7) is 2.04. The molecule has 3 nitrogen and oxygen atoms in total. The van der Waals surface area contributed by atoms with Gasteiger partial charge in [0.15, 0.2) is 5.96 Å². The van der Waals surface area contributed by atoms with E-state index in [2.05, 4.69) is 5.32 Å². The molecule has 0 heterocycles. The second-order valence-electron chi connectivity index (χ2n) is 3.00. The summed E-state index contributed by atoms with van der Waals surface area (Å²) < 4.78 is 0. The molecule has 0 fully saturated rings. The van der Waals surface area contributed by atoms with E-state index in [1.54, 1.807) is 11.9 Å². The van der Waals surface area contributed by atoms with Gasteiger partial charge in [0.25, 0.3) is 0 Å². The molecule has 1 aromatic carbocycles. The molecule has 0 aliphatic heterocycles. The number of rotatable bonds is 1. The maximum absolute atomic E-state index is 7.57. The monoisotopic (exact) mass is 177 g/mol. The van der Waals surface area contributed by atoms with Crippen molar-refractivity contribution in [1.82, 2.24) is 5.32 Å². The van der Waals surface area contributed by atoms with Crippen LogP contribution in [0.15, 0.2) is 24.3 Å². The van der Waals surface area contributed by atoms with Gasteiger partial charge in [-0.3, -0.25) is 5.41 Å². The lowest BCUT2D eigenvalue weighted by Gasteiger charge is -2.19. The number of hydrogen-bond donors (Lipinski definition) is 2. The zero-order valence-corrected chi connectivity index (χ0v) is 8.26. The Labute approximate surface area is 78.9 Å². The van der Waals surface area contributed by atoms with Crippen molar-refractivity contribution in [2.75, 3.05) is 19.0 Å². The van der Waals surface area contributed by atoms with E-state index < -0.39 is 0 Å². The van der Waals surface area contributed by atoms with E-state index in [1.807, 2.05) is 38.2 Å². The first-order chi connectivity index (χ1) is 6.15. The van der Waals surface area contributed by atoms with Crippen LogP contribution in [-0.2, 0) is 0 Å². The van der Waals surface area contributed by atoms with Gasteiger partial charge in [0.05, 0.1) is 0 Å². The van der Waals surface area contributed by atoms with Crippen LogP contribution in [0.3, 0.4) is 0 Å². The Morgan fingerprint density at radius 2 is 2.15 bits per heavy atom. The van der Waals surface area contributed by atoms with Gasteiger partial charge in [0.1, 0.15) is 0 Å². The summed E-state index contributed by atoms with van der Waals surface area (Å²) in [5.74, 6) is 0.394. The number of benzene rings is 1. The molecular formula is C10H15N3. The molecule has 0 aliphatic rings. The zero-order chi connectivity index (χ0) is 9.84. The van der Waals surface area contributed by atoms with E-state index in [9.17, 15) is 0 Å². The molecule has 2 N–H and O–H groups in total. The Morgan fingerprint density at radius 1 is 1.46 bits per heavy atom. The van der Waals surface area contributed by atoms with Gasteiger partial charge < -0.3 is 10.2 Å². The Balaban J connectivity index is 2.88.